The van der Waals surface area contributed by atoms with Crippen LogP contribution >= 0.6 is 0 Å². The number of nitrogens with one attached hydrogen (secondary N) is 1. The normalized spacial score (nSPS) is 16.7. The first kappa shape index (κ1) is 12.7. The smallest absolute Gasteiger partial charge is 0.0345 e. The van der Waals surface area contributed by atoms with Gasteiger partial charge in [0.05, 0.1) is 0 Å². The minimum atomic E-state index is 0.823. The van der Waals surface area contributed by atoms with Crippen LogP contribution in [0.4, 0.5) is 0 Å². The fraction of sp³-hybridized carbons (Fsp3) is 0.846. The van der Waals surface area contributed by atoms with E-state index in [4.69, 9.17) is 0 Å². The van der Waals surface area contributed by atoms with Crippen LogP contribution in [0.3, 0.4) is 0 Å². The molecule has 1 heterocycles. The van der Waals surface area contributed by atoms with E-state index in [-0.39, 0.29) is 0 Å². The Labute approximate surface area is 94.7 Å². The summed E-state index contributed by atoms with van der Waals surface area (Å²) in [5.41, 5.74) is 0. The molecule has 15 heavy (non-hydrogen) atoms. The molecule has 0 aromatic heterocycles. The summed E-state index contributed by atoms with van der Waals surface area (Å²) in [7, 11) is 0. The molecule has 2 nitrogen and oxygen atoms in total. The van der Waals surface area contributed by atoms with E-state index in [2.05, 4.69) is 23.7 Å². The largest absolute Gasteiger partial charge is 0.314 e. The molecule has 1 fully saturated rings. The van der Waals surface area contributed by atoms with Gasteiger partial charge >= 0.3 is 0 Å². The third-order valence-electron chi connectivity index (χ3n) is 3.14. The zero-order valence-electron chi connectivity index (χ0n) is 10.2. The number of rotatable bonds is 9. The number of nitrogens with zero attached hydrogens (tertiary/aromatic N) is 1. The highest BCUT2D eigenvalue weighted by Crippen LogP contribution is 2.09. The van der Waals surface area contributed by atoms with Gasteiger partial charge in [0.2, 0.25) is 0 Å². The average Bonchev–Trinajstić information content (AvgIpc) is 2.15. The third-order valence-corrected chi connectivity index (χ3v) is 3.14. The number of allylic oxidation sites excluding steroid dienone is 1. The zero-order valence-corrected chi connectivity index (χ0v) is 10.2. The van der Waals surface area contributed by atoms with Crippen molar-refractivity contribution >= 4 is 0 Å². The van der Waals surface area contributed by atoms with Crippen LogP contribution in [0.2, 0.25) is 0 Å². The first-order chi connectivity index (χ1) is 7.38. The minimum absolute atomic E-state index is 0.823. The molecule has 88 valence electrons. The summed E-state index contributed by atoms with van der Waals surface area (Å²) in [6, 6.07) is 0.823. The number of hydrogen-bond acceptors (Lipinski definition) is 2. The van der Waals surface area contributed by atoms with Crippen molar-refractivity contribution in [3.8, 4) is 0 Å². The van der Waals surface area contributed by atoms with E-state index in [1.165, 1.54) is 58.3 Å². The van der Waals surface area contributed by atoms with Crippen LogP contribution in [0.25, 0.3) is 0 Å². The monoisotopic (exact) mass is 210 g/mol. The standard InChI is InChI=1S/C13H26N2/c1-3-5-6-7-8-10-15(9-4-2)13-11-14-12-13/h3,13-14H,1,4-12H2,2H3. The second kappa shape index (κ2) is 7.89. The van der Waals surface area contributed by atoms with Crippen molar-refractivity contribution in [3.63, 3.8) is 0 Å². The Bertz CT molecular complexity index is 164. The molecule has 0 radical (unpaired) electrons. The third kappa shape index (κ3) is 4.80. The topological polar surface area (TPSA) is 15.3 Å². The van der Waals surface area contributed by atoms with E-state index in [1.807, 2.05) is 6.08 Å². The van der Waals surface area contributed by atoms with E-state index < -0.39 is 0 Å². The molecule has 2 heteroatoms. The Hall–Kier alpha value is -0.340. The van der Waals surface area contributed by atoms with Gasteiger partial charge in [0.25, 0.3) is 0 Å². The minimum Gasteiger partial charge on any atom is -0.314 e. The summed E-state index contributed by atoms with van der Waals surface area (Å²) in [4.78, 5) is 2.66. The van der Waals surface area contributed by atoms with E-state index >= 15 is 0 Å². The van der Waals surface area contributed by atoms with Crippen molar-refractivity contribution in [2.75, 3.05) is 26.2 Å². The van der Waals surface area contributed by atoms with Gasteiger partial charge in [-0.1, -0.05) is 19.4 Å². The van der Waals surface area contributed by atoms with Crippen LogP contribution in [0.1, 0.15) is 39.0 Å². The summed E-state index contributed by atoms with van der Waals surface area (Å²) < 4.78 is 0. The maximum Gasteiger partial charge on any atom is 0.0345 e. The lowest BCUT2D eigenvalue weighted by atomic mass is 10.1. The van der Waals surface area contributed by atoms with Crippen LogP contribution in [0.5, 0.6) is 0 Å². The molecule has 0 amide bonds. The maximum absolute atomic E-state index is 3.75. The van der Waals surface area contributed by atoms with Crippen LogP contribution in [-0.2, 0) is 0 Å². The van der Waals surface area contributed by atoms with E-state index in [9.17, 15) is 0 Å². The van der Waals surface area contributed by atoms with Gasteiger partial charge in [-0.15, -0.1) is 6.58 Å². The van der Waals surface area contributed by atoms with Crippen molar-refractivity contribution in [1.82, 2.24) is 10.2 Å². The highest BCUT2D eigenvalue weighted by Gasteiger charge is 2.22. The van der Waals surface area contributed by atoms with Gasteiger partial charge in [0.1, 0.15) is 0 Å². The predicted octanol–water partition coefficient (Wildman–Crippen LogP) is 2.42. The Kier molecular flexibility index (Phi) is 6.69. The molecule has 0 aromatic rings. The summed E-state index contributed by atoms with van der Waals surface area (Å²) >= 11 is 0. The van der Waals surface area contributed by atoms with Crippen molar-refractivity contribution in [2.24, 2.45) is 0 Å². The summed E-state index contributed by atoms with van der Waals surface area (Å²) in [6.45, 7) is 11.0. The second-order valence-electron chi connectivity index (χ2n) is 4.49. The van der Waals surface area contributed by atoms with Crippen molar-refractivity contribution in [3.05, 3.63) is 12.7 Å². The molecule has 0 bridgehead atoms. The molecule has 0 spiro atoms. The Balaban J connectivity index is 2.05. The molecule has 1 saturated heterocycles. The Morgan fingerprint density at radius 3 is 2.60 bits per heavy atom. The molecule has 0 atom stereocenters. The van der Waals surface area contributed by atoms with E-state index in [0.717, 1.165) is 6.04 Å². The van der Waals surface area contributed by atoms with Gasteiger partial charge in [-0.3, -0.25) is 4.90 Å². The van der Waals surface area contributed by atoms with Crippen LogP contribution in [0.15, 0.2) is 12.7 Å². The maximum atomic E-state index is 3.75. The van der Waals surface area contributed by atoms with Crippen molar-refractivity contribution in [2.45, 2.75) is 45.1 Å². The van der Waals surface area contributed by atoms with Crippen molar-refractivity contribution in [1.29, 1.82) is 0 Å². The van der Waals surface area contributed by atoms with Gasteiger partial charge < -0.3 is 5.32 Å². The first-order valence-corrected chi connectivity index (χ1v) is 6.44. The number of hydrogen-bond donors (Lipinski definition) is 1. The molecule has 1 aliphatic rings. The van der Waals surface area contributed by atoms with Crippen LogP contribution in [-0.4, -0.2) is 37.1 Å². The van der Waals surface area contributed by atoms with Gasteiger partial charge in [0, 0.05) is 19.1 Å². The van der Waals surface area contributed by atoms with Gasteiger partial charge in [-0.05, 0) is 38.8 Å². The molecular weight excluding hydrogens is 184 g/mol. The molecule has 1 rings (SSSR count). The van der Waals surface area contributed by atoms with Crippen LogP contribution < -0.4 is 5.32 Å². The molecule has 0 saturated carbocycles. The summed E-state index contributed by atoms with van der Waals surface area (Å²) in [5.74, 6) is 0. The number of unbranched alkanes of at least 4 members (excludes halogenated alkanes) is 3. The quantitative estimate of drug-likeness (QED) is 0.464. The predicted molar refractivity (Wildman–Crippen MR) is 67.2 cm³/mol. The van der Waals surface area contributed by atoms with E-state index in [0.29, 0.717) is 0 Å². The fourth-order valence-corrected chi connectivity index (χ4v) is 2.08. The van der Waals surface area contributed by atoms with Gasteiger partial charge in [-0.25, -0.2) is 0 Å². The van der Waals surface area contributed by atoms with Crippen molar-refractivity contribution < 1.29 is 0 Å². The van der Waals surface area contributed by atoms with Gasteiger partial charge in [0.15, 0.2) is 0 Å². The summed E-state index contributed by atoms with van der Waals surface area (Å²) in [6.07, 6.45) is 8.50. The fourth-order valence-electron chi connectivity index (χ4n) is 2.08. The molecule has 1 aliphatic heterocycles. The Morgan fingerprint density at radius 2 is 2.07 bits per heavy atom. The summed E-state index contributed by atoms with van der Waals surface area (Å²) in [5, 5.41) is 3.36. The molecular formula is C13H26N2. The second-order valence-corrected chi connectivity index (χ2v) is 4.49. The molecule has 0 aromatic carbocycles. The lowest BCUT2D eigenvalue weighted by molar-refractivity contribution is 0.143. The SMILES string of the molecule is C=CCCCCCN(CCC)C1CNC1. The highest BCUT2D eigenvalue weighted by molar-refractivity contribution is 4.84. The Morgan fingerprint density at radius 1 is 1.27 bits per heavy atom. The molecule has 1 N–H and O–H groups in total. The van der Waals surface area contributed by atoms with Crippen LogP contribution in [0, 0.1) is 0 Å². The van der Waals surface area contributed by atoms with E-state index in [1.54, 1.807) is 0 Å². The lowest BCUT2D eigenvalue weighted by Crippen LogP contribution is -2.57. The molecule has 0 aliphatic carbocycles. The van der Waals surface area contributed by atoms with Gasteiger partial charge in [-0.2, -0.15) is 0 Å². The lowest BCUT2D eigenvalue weighted by Gasteiger charge is -2.38. The highest BCUT2D eigenvalue weighted by atomic mass is 15.2. The zero-order chi connectivity index (χ0) is 10.9. The molecule has 0 unspecified atom stereocenters. The first-order valence-electron chi connectivity index (χ1n) is 6.44. The average molecular weight is 210 g/mol.